The van der Waals surface area contributed by atoms with Crippen LogP contribution < -0.4 is 5.32 Å². The number of carbonyl (C=O) groups excluding carboxylic acids is 1. The first-order valence-corrected chi connectivity index (χ1v) is 9.44. The molecular weight excluding hydrogens is 350 g/mol. The van der Waals surface area contributed by atoms with Crippen molar-refractivity contribution in [1.29, 1.82) is 5.26 Å². The summed E-state index contributed by atoms with van der Waals surface area (Å²) in [6.45, 7) is 1.60. The quantitative estimate of drug-likeness (QED) is 0.624. The molecule has 3 rings (SSSR count). The van der Waals surface area contributed by atoms with Gasteiger partial charge in [0.1, 0.15) is 11.1 Å². The smallest absolute Gasteiger partial charge is 0.272 e. The molecule has 2 aromatic rings. The topological polar surface area (TPSA) is 96.0 Å². The number of thiophene rings is 1. The van der Waals surface area contributed by atoms with Crippen molar-refractivity contribution in [2.75, 3.05) is 5.32 Å². The van der Waals surface area contributed by atoms with Crippen LogP contribution >= 0.6 is 11.3 Å². The Morgan fingerprint density at radius 3 is 2.65 bits per heavy atom. The van der Waals surface area contributed by atoms with E-state index in [0.717, 1.165) is 31.2 Å². The first-order chi connectivity index (χ1) is 12.5. The third-order valence-electron chi connectivity index (χ3n) is 4.67. The van der Waals surface area contributed by atoms with Gasteiger partial charge in [-0.1, -0.05) is 12.8 Å². The third kappa shape index (κ3) is 3.60. The number of nitro benzene ring substituents is 1. The highest BCUT2D eigenvalue weighted by molar-refractivity contribution is 7.16. The molecule has 26 heavy (non-hydrogen) atoms. The summed E-state index contributed by atoms with van der Waals surface area (Å²) in [6.07, 6.45) is 6.36. The molecule has 0 saturated heterocycles. The molecule has 0 aliphatic heterocycles. The third-order valence-corrected chi connectivity index (χ3v) is 5.87. The maximum atomic E-state index is 12.6. The maximum Gasteiger partial charge on any atom is 0.272 e. The zero-order valence-corrected chi connectivity index (χ0v) is 15.3. The summed E-state index contributed by atoms with van der Waals surface area (Å²) in [7, 11) is 0. The number of anilines is 1. The second-order valence-electron chi connectivity index (χ2n) is 6.45. The number of nitriles is 1. The van der Waals surface area contributed by atoms with Crippen LogP contribution in [0.1, 0.15) is 57.6 Å². The number of fused-ring (bicyclic) bond motifs is 1. The molecule has 0 saturated carbocycles. The van der Waals surface area contributed by atoms with Gasteiger partial charge in [0.2, 0.25) is 0 Å². The average molecular weight is 369 g/mol. The van der Waals surface area contributed by atoms with Crippen molar-refractivity contribution in [3.63, 3.8) is 0 Å². The van der Waals surface area contributed by atoms with Crippen LogP contribution in [-0.2, 0) is 12.8 Å². The fourth-order valence-corrected chi connectivity index (χ4v) is 4.54. The molecular formula is C19H19N3O3S. The largest absolute Gasteiger partial charge is 0.312 e. The van der Waals surface area contributed by atoms with Crippen LogP contribution in [0.2, 0.25) is 0 Å². The number of nitro groups is 1. The van der Waals surface area contributed by atoms with Gasteiger partial charge in [-0.3, -0.25) is 14.9 Å². The van der Waals surface area contributed by atoms with Crippen LogP contribution in [0.25, 0.3) is 0 Å². The summed E-state index contributed by atoms with van der Waals surface area (Å²) in [6, 6.07) is 6.53. The zero-order valence-electron chi connectivity index (χ0n) is 14.5. The summed E-state index contributed by atoms with van der Waals surface area (Å²) in [4.78, 5) is 24.2. The first kappa shape index (κ1) is 18.1. The van der Waals surface area contributed by atoms with Gasteiger partial charge in [-0.05, 0) is 50.3 Å². The van der Waals surface area contributed by atoms with E-state index < -0.39 is 4.92 Å². The van der Waals surface area contributed by atoms with E-state index in [1.807, 2.05) is 0 Å². The van der Waals surface area contributed by atoms with E-state index in [9.17, 15) is 20.2 Å². The number of hydrogen-bond acceptors (Lipinski definition) is 5. The van der Waals surface area contributed by atoms with E-state index in [4.69, 9.17) is 0 Å². The lowest BCUT2D eigenvalue weighted by Crippen LogP contribution is -2.12. The van der Waals surface area contributed by atoms with E-state index >= 15 is 0 Å². The van der Waals surface area contributed by atoms with E-state index in [-0.39, 0.29) is 11.6 Å². The predicted octanol–water partition coefficient (Wildman–Crippen LogP) is 4.75. The maximum absolute atomic E-state index is 12.6. The molecule has 1 aliphatic rings. The number of amides is 1. The van der Waals surface area contributed by atoms with Crippen molar-refractivity contribution in [3.8, 4) is 6.07 Å². The Labute approximate surface area is 155 Å². The Bertz CT molecular complexity index is 911. The Morgan fingerprint density at radius 2 is 2.00 bits per heavy atom. The SMILES string of the molecule is Cc1cc(C(=O)Nc2sc3c(c2C#N)CCCCCC3)ccc1[N+](=O)[O-]. The Morgan fingerprint density at radius 1 is 1.27 bits per heavy atom. The molecule has 134 valence electrons. The summed E-state index contributed by atoms with van der Waals surface area (Å²) in [5.74, 6) is -0.353. The highest BCUT2D eigenvalue weighted by atomic mass is 32.1. The van der Waals surface area contributed by atoms with Gasteiger partial charge in [0.25, 0.3) is 11.6 Å². The number of nitrogens with one attached hydrogen (secondary N) is 1. The molecule has 6 nitrogen and oxygen atoms in total. The molecule has 0 radical (unpaired) electrons. The fraction of sp³-hybridized carbons (Fsp3) is 0.368. The Kier molecular flexibility index (Phi) is 5.33. The lowest BCUT2D eigenvalue weighted by molar-refractivity contribution is -0.385. The van der Waals surface area contributed by atoms with Gasteiger partial charge in [0, 0.05) is 22.1 Å². The van der Waals surface area contributed by atoms with Crippen molar-refractivity contribution in [2.45, 2.75) is 45.4 Å². The lowest BCUT2D eigenvalue weighted by Gasteiger charge is -2.08. The molecule has 1 heterocycles. The minimum atomic E-state index is -0.468. The zero-order chi connectivity index (χ0) is 18.7. The van der Waals surface area contributed by atoms with Gasteiger partial charge in [-0.15, -0.1) is 11.3 Å². The van der Waals surface area contributed by atoms with Crippen LogP contribution in [0.15, 0.2) is 18.2 Å². The highest BCUT2D eigenvalue weighted by Gasteiger charge is 2.21. The van der Waals surface area contributed by atoms with Crippen LogP contribution in [0, 0.1) is 28.4 Å². The second kappa shape index (κ2) is 7.67. The molecule has 0 spiro atoms. The normalized spacial score (nSPS) is 13.8. The summed E-state index contributed by atoms with van der Waals surface area (Å²) in [5.41, 5.74) is 2.41. The van der Waals surface area contributed by atoms with Crippen LogP contribution in [0.5, 0.6) is 0 Å². The molecule has 0 unspecified atom stereocenters. The molecule has 0 atom stereocenters. The van der Waals surface area contributed by atoms with E-state index in [1.165, 1.54) is 47.3 Å². The minimum absolute atomic E-state index is 0.0154. The van der Waals surface area contributed by atoms with Gasteiger partial charge in [0.05, 0.1) is 10.5 Å². The second-order valence-corrected chi connectivity index (χ2v) is 7.55. The van der Waals surface area contributed by atoms with Crippen LogP contribution in [0.4, 0.5) is 10.7 Å². The Balaban J connectivity index is 1.88. The Hall–Kier alpha value is -2.72. The van der Waals surface area contributed by atoms with Gasteiger partial charge < -0.3 is 5.32 Å². The number of aryl methyl sites for hydroxylation is 2. The van der Waals surface area contributed by atoms with Crippen LogP contribution in [-0.4, -0.2) is 10.8 Å². The average Bonchev–Trinajstić information content (AvgIpc) is 2.89. The van der Waals surface area contributed by atoms with Crippen molar-refractivity contribution >= 4 is 27.9 Å². The monoisotopic (exact) mass is 369 g/mol. The van der Waals surface area contributed by atoms with Gasteiger partial charge in [-0.2, -0.15) is 5.26 Å². The summed E-state index contributed by atoms with van der Waals surface area (Å²) >= 11 is 1.48. The molecule has 1 aliphatic carbocycles. The molecule has 1 aromatic carbocycles. The van der Waals surface area contributed by atoms with Crippen molar-refractivity contribution in [2.24, 2.45) is 0 Å². The minimum Gasteiger partial charge on any atom is -0.312 e. The highest BCUT2D eigenvalue weighted by Crippen LogP contribution is 2.36. The molecule has 0 bridgehead atoms. The number of rotatable bonds is 3. The van der Waals surface area contributed by atoms with Gasteiger partial charge >= 0.3 is 0 Å². The summed E-state index contributed by atoms with van der Waals surface area (Å²) < 4.78 is 0. The fourth-order valence-electron chi connectivity index (χ4n) is 3.30. The van der Waals surface area contributed by atoms with Crippen molar-refractivity contribution < 1.29 is 9.72 Å². The summed E-state index contributed by atoms with van der Waals surface area (Å²) in [5, 5.41) is 23.9. The predicted molar refractivity (Wildman–Crippen MR) is 101 cm³/mol. The number of carbonyl (C=O) groups is 1. The van der Waals surface area contributed by atoms with E-state index in [2.05, 4.69) is 11.4 Å². The molecule has 1 amide bonds. The molecule has 1 N–H and O–H groups in total. The van der Waals surface area contributed by atoms with E-state index in [1.54, 1.807) is 6.92 Å². The number of hydrogen-bond donors (Lipinski definition) is 1. The van der Waals surface area contributed by atoms with Crippen LogP contribution in [0.3, 0.4) is 0 Å². The number of nitrogens with zero attached hydrogens (tertiary/aromatic N) is 2. The molecule has 1 aromatic heterocycles. The molecule has 7 heteroatoms. The van der Waals surface area contributed by atoms with E-state index in [0.29, 0.717) is 21.7 Å². The lowest BCUT2D eigenvalue weighted by atomic mass is 9.97. The van der Waals surface area contributed by atoms with Crippen molar-refractivity contribution in [1.82, 2.24) is 0 Å². The molecule has 0 fully saturated rings. The van der Waals surface area contributed by atoms with Gasteiger partial charge in [0.15, 0.2) is 0 Å². The standard InChI is InChI=1S/C19H19N3O3S/c1-12-10-13(8-9-16(12)22(24)25)18(23)21-19-15(11-20)14-6-4-2-3-5-7-17(14)26-19/h8-10H,2-7H2,1H3,(H,21,23). The van der Waals surface area contributed by atoms with Gasteiger partial charge in [-0.25, -0.2) is 0 Å². The van der Waals surface area contributed by atoms with Crippen molar-refractivity contribution in [3.05, 3.63) is 55.4 Å². The number of benzene rings is 1. The first-order valence-electron chi connectivity index (χ1n) is 8.62.